The van der Waals surface area contributed by atoms with Crippen LogP contribution in [0.2, 0.25) is 10.1 Å². The van der Waals surface area contributed by atoms with E-state index in [9.17, 15) is 4.21 Å². The molecule has 5 aromatic rings. The maximum absolute atomic E-state index is 14.4. The summed E-state index contributed by atoms with van der Waals surface area (Å²) in [6.45, 7) is 14.8. The van der Waals surface area contributed by atoms with Gasteiger partial charge in [-0.2, -0.15) is 0 Å². The summed E-state index contributed by atoms with van der Waals surface area (Å²) < 4.78 is 34.7. The number of allylic oxidation sites excluding steroid dienone is 1. The van der Waals surface area contributed by atoms with Crippen molar-refractivity contribution >= 4 is 47.1 Å². The smallest absolute Gasteiger partial charge is 0.261 e. The fourth-order valence-corrected chi connectivity index (χ4v) is 21.0. The molecule has 0 saturated heterocycles. The molecule has 2 saturated carbocycles. The van der Waals surface area contributed by atoms with Crippen LogP contribution in [0.15, 0.2) is 172 Å². The first-order chi connectivity index (χ1) is 26.8. The molecule has 0 bridgehead atoms. The van der Waals surface area contributed by atoms with Crippen LogP contribution in [0.5, 0.6) is 0 Å². The third kappa shape index (κ3) is 7.49. The van der Waals surface area contributed by atoms with Gasteiger partial charge in [0.25, 0.3) is 16.6 Å². The first-order valence-corrected chi connectivity index (χ1v) is 25.7. The molecule has 2 fully saturated rings. The monoisotopic (exact) mass is 797 g/mol. The first kappa shape index (κ1) is 40.3. The lowest BCUT2D eigenvalue weighted by atomic mass is 9.92. The molecule has 0 aliphatic heterocycles. The van der Waals surface area contributed by atoms with Gasteiger partial charge < -0.3 is 8.85 Å². The lowest BCUT2D eigenvalue weighted by Gasteiger charge is -2.47. The predicted octanol–water partition coefficient (Wildman–Crippen LogP) is 9.60. The average molecular weight is 798 g/mol. The van der Waals surface area contributed by atoms with Crippen molar-refractivity contribution in [1.82, 2.24) is 0 Å². The summed E-state index contributed by atoms with van der Waals surface area (Å²) in [6.07, 6.45) is 2.71. The normalized spacial score (nSPS) is 22.1. The van der Waals surface area contributed by atoms with Crippen molar-refractivity contribution in [2.75, 3.05) is 13.7 Å². The quantitative estimate of drug-likeness (QED) is 0.125. The number of fused-ring (bicyclic) bond motifs is 1. The van der Waals surface area contributed by atoms with Gasteiger partial charge in [-0.15, -0.1) is 0 Å². The lowest BCUT2D eigenvalue weighted by Crippen LogP contribution is -2.68. The third-order valence-corrected chi connectivity index (χ3v) is 24.7. The minimum Gasteiger partial charge on any atom is -0.407 e. The fraction of sp³-hybridized carbons (Fsp3) is 0.347. The highest BCUT2D eigenvalue weighted by Gasteiger charge is 2.57. The molecule has 7 rings (SSSR count). The Hall–Kier alpha value is -3.86. The van der Waals surface area contributed by atoms with Crippen LogP contribution in [0.4, 0.5) is 0 Å². The lowest BCUT2D eigenvalue weighted by molar-refractivity contribution is 0.0877. The second kappa shape index (κ2) is 16.2. The second-order valence-electron chi connectivity index (χ2n) is 17.9. The van der Waals surface area contributed by atoms with Gasteiger partial charge in [0.1, 0.15) is 0 Å². The van der Waals surface area contributed by atoms with Crippen molar-refractivity contribution in [2.24, 2.45) is 22.1 Å². The molecule has 0 aromatic heterocycles. The number of nitrogens with zero attached hydrogens (tertiary/aromatic N) is 1. The van der Waals surface area contributed by atoms with Crippen molar-refractivity contribution in [2.45, 2.75) is 81.9 Å². The van der Waals surface area contributed by atoms with Gasteiger partial charge >= 0.3 is 0 Å². The molecule has 0 radical (unpaired) electrons. The number of benzene rings is 5. The topological polar surface area (TPSA) is 47.9 Å². The predicted molar refractivity (Wildman–Crippen MR) is 240 cm³/mol. The molecule has 5 aromatic carbocycles. The SMILES string of the molecule is CN=S(=O)(/C=C1\C[C@H]2C[C@@H](O[Si](c3ccccc3)(c3ccccc3)C(C)(C)C)[C@H](CO[Si](c3ccccc3)(c3ccccc3)C(C)(C)C)[C@H]2C1)c1ccccc1. The van der Waals surface area contributed by atoms with E-state index in [2.05, 4.69) is 167 Å². The summed E-state index contributed by atoms with van der Waals surface area (Å²) in [5, 5.41) is 6.90. The second-order valence-corrected chi connectivity index (χ2v) is 28.6. The fourth-order valence-electron chi connectivity index (χ4n) is 9.98. The molecular formula is C49H59NO3SSi2. The largest absolute Gasteiger partial charge is 0.407 e. The number of rotatable bonds is 11. The summed E-state index contributed by atoms with van der Waals surface area (Å²) in [4.78, 5) is 0.770. The van der Waals surface area contributed by atoms with Gasteiger partial charge in [0.15, 0.2) is 0 Å². The van der Waals surface area contributed by atoms with Crippen LogP contribution >= 0.6 is 0 Å². The molecular weight excluding hydrogens is 739 g/mol. The van der Waals surface area contributed by atoms with Crippen LogP contribution < -0.4 is 20.7 Å². The van der Waals surface area contributed by atoms with E-state index in [0.717, 1.165) is 24.2 Å². The molecule has 7 heteroatoms. The minimum absolute atomic E-state index is 0.00888. The maximum atomic E-state index is 14.4. The molecule has 0 heterocycles. The van der Waals surface area contributed by atoms with Gasteiger partial charge in [-0.3, -0.25) is 0 Å². The van der Waals surface area contributed by atoms with Crippen LogP contribution in [-0.4, -0.2) is 40.6 Å². The molecule has 4 nitrogen and oxygen atoms in total. The van der Waals surface area contributed by atoms with Crippen molar-refractivity contribution in [3.8, 4) is 0 Å². The van der Waals surface area contributed by atoms with Gasteiger partial charge in [-0.1, -0.05) is 187 Å². The third-order valence-electron chi connectivity index (χ3n) is 12.5. The minimum atomic E-state index is -2.87. The molecule has 0 amide bonds. The van der Waals surface area contributed by atoms with Crippen molar-refractivity contribution in [1.29, 1.82) is 0 Å². The number of hydrogen-bond acceptors (Lipinski definition) is 4. The van der Waals surface area contributed by atoms with Crippen molar-refractivity contribution < 1.29 is 13.1 Å². The highest BCUT2D eigenvalue weighted by molar-refractivity contribution is 7.96. The molecule has 292 valence electrons. The van der Waals surface area contributed by atoms with Gasteiger partial charge in [0, 0.05) is 25.0 Å². The molecule has 2 aliphatic carbocycles. The van der Waals surface area contributed by atoms with Gasteiger partial charge in [0.2, 0.25) is 0 Å². The molecule has 5 atom stereocenters. The van der Waals surface area contributed by atoms with E-state index in [0.29, 0.717) is 18.4 Å². The number of hydrogen-bond donors (Lipinski definition) is 0. The molecule has 56 heavy (non-hydrogen) atoms. The molecule has 0 spiro atoms. The zero-order chi connectivity index (χ0) is 39.6. The van der Waals surface area contributed by atoms with Crippen LogP contribution in [0.1, 0.15) is 60.8 Å². The van der Waals surface area contributed by atoms with Crippen LogP contribution in [0.25, 0.3) is 0 Å². The Balaban J connectivity index is 1.34. The van der Waals surface area contributed by atoms with E-state index in [-0.39, 0.29) is 22.1 Å². The summed E-state index contributed by atoms with van der Waals surface area (Å²) in [6, 6.07) is 53.8. The van der Waals surface area contributed by atoms with E-state index in [1.54, 1.807) is 7.05 Å². The van der Waals surface area contributed by atoms with E-state index in [1.807, 2.05) is 35.7 Å². The Bertz CT molecular complexity index is 2130. The Morgan fingerprint density at radius 1 is 0.625 bits per heavy atom. The van der Waals surface area contributed by atoms with Crippen LogP contribution in [0.3, 0.4) is 0 Å². The van der Waals surface area contributed by atoms with Crippen LogP contribution in [-0.2, 0) is 18.6 Å². The highest BCUT2D eigenvalue weighted by Crippen LogP contribution is 2.53. The summed E-state index contributed by atoms with van der Waals surface area (Å²) >= 11 is 0. The van der Waals surface area contributed by atoms with Gasteiger partial charge in [-0.25, -0.2) is 8.57 Å². The van der Waals surface area contributed by atoms with E-state index in [1.165, 1.54) is 26.3 Å². The standard InChI is InChI=1S/C49H59NO3SSi2/c1-48(2,3)55(41-25-15-9-16-26-41,42-27-17-10-18-28-42)52-36-46-45-34-38(37-54(51,50-7)40-23-13-8-14-24-40)33-39(45)35-47(46)53-56(49(4,5)6,43-29-19-11-20-30-43)44-31-21-12-22-32-44/h8-32,37,39,45-47H,33-36H2,1-7H3/b38-37+/t39-,45-,46+,47+,54?/m0/s1. The van der Waals surface area contributed by atoms with Crippen LogP contribution in [0, 0.1) is 17.8 Å². The Labute approximate surface area is 338 Å². The van der Waals surface area contributed by atoms with Crippen molar-refractivity contribution in [3.05, 3.63) is 163 Å². The first-order valence-electron chi connectivity index (χ1n) is 20.3. The van der Waals surface area contributed by atoms with Gasteiger partial charge in [-0.05, 0) is 74.1 Å². The summed E-state index contributed by atoms with van der Waals surface area (Å²) in [5.41, 5.74) is 1.25. The van der Waals surface area contributed by atoms with Gasteiger partial charge in [0.05, 0.1) is 20.7 Å². The Morgan fingerprint density at radius 2 is 1.04 bits per heavy atom. The van der Waals surface area contributed by atoms with Crippen molar-refractivity contribution in [3.63, 3.8) is 0 Å². The van der Waals surface area contributed by atoms with E-state index < -0.39 is 26.4 Å². The molecule has 0 N–H and O–H groups in total. The zero-order valence-corrected chi connectivity index (χ0v) is 37.0. The molecule has 1 unspecified atom stereocenters. The average Bonchev–Trinajstić information content (AvgIpc) is 3.74. The highest BCUT2D eigenvalue weighted by atomic mass is 32.2. The Morgan fingerprint density at radius 3 is 1.45 bits per heavy atom. The van der Waals surface area contributed by atoms with E-state index in [4.69, 9.17) is 8.85 Å². The molecule has 2 aliphatic rings. The van der Waals surface area contributed by atoms with E-state index >= 15 is 0 Å². The summed E-state index contributed by atoms with van der Waals surface area (Å²) in [5.74, 6) is 0.869. The Kier molecular flexibility index (Phi) is 11.7. The maximum Gasteiger partial charge on any atom is 0.261 e. The zero-order valence-electron chi connectivity index (χ0n) is 34.2. The summed E-state index contributed by atoms with van der Waals surface area (Å²) in [7, 11) is -6.70.